The van der Waals surface area contributed by atoms with Gasteiger partial charge < -0.3 is 14.7 Å². The van der Waals surface area contributed by atoms with Gasteiger partial charge in [-0.2, -0.15) is 5.10 Å². The van der Waals surface area contributed by atoms with Crippen molar-refractivity contribution in [1.29, 1.82) is 0 Å². The second-order valence-electron chi connectivity index (χ2n) is 6.43. The molecule has 118 valence electrons. The van der Waals surface area contributed by atoms with Crippen LogP contribution in [0.1, 0.15) is 39.8 Å². The third kappa shape index (κ3) is 3.40. The van der Waals surface area contributed by atoms with Crippen molar-refractivity contribution in [2.24, 2.45) is 0 Å². The second kappa shape index (κ2) is 5.61. The van der Waals surface area contributed by atoms with Gasteiger partial charge in [0.1, 0.15) is 11.2 Å². The Labute approximate surface area is 133 Å². The van der Waals surface area contributed by atoms with Gasteiger partial charge in [-0.15, -0.1) is 0 Å². The first-order valence-corrected chi connectivity index (χ1v) is 7.87. The van der Waals surface area contributed by atoms with Crippen molar-refractivity contribution in [2.45, 2.75) is 51.9 Å². The average Bonchev–Trinajstić information content (AvgIpc) is 2.65. The molecule has 0 radical (unpaired) electrons. The van der Waals surface area contributed by atoms with Crippen LogP contribution in [0.3, 0.4) is 0 Å². The van der Waals surface area contributed by atoms with E-state index in [1.54, 1.807) is 10.9 Å². The van der Waals surface area contributed by atoms with Gasteiger partial charge in [-0.05, 0) is 43.1 Å². The van der Waals surface area contributed by atoms with E-state index in [9.17, 15) is 9.90 Å². The predicted octanol–water partition coefficient (Wildman–Crippen LogP) is 2.49. The van der Waals surface area contributed by atoms with Crippen molar-refractivity contribution in [3.8, 4) is 0 Å². The van der Waals surface area contributed by atoms with E-state index in [-0.39, 0.29) is 13.1 Å². The Hall–Kier alpha value is -1.08. The summed E-state index contributed by atoms with van der Waals surface area (Å²) in [6.07, 6.45) is 2.20. The minimum atomic E-state index is -1.07. The molecule has 6 nitrogen and oxygen atoms in total. The Morgan fingerprint density at radius 1 is 1.52 bits per heavy atom. The van der Waals surface area contributed by atoms with E-state index < -0.39 is 17.3 Å². The summed E-state index contributed by atoms with van der Waals surface area (Å²) >= 11 is 3.43. The molecule has 1 aromatic rings. The molecule has 2 heterocycles. The Bertz CT molecular complexity index is 530. The third-order valence-corrected chi connectivity index (χ3v) is 3.81. The Morgan fingerprint density at radius 3 is 2.67 bits per heavy atom. The number of halogens is 1. The van der Waals surface area contributed by atoms with Gasteiger partial charge >= 0.3 is 6.09 Å². The predicted molar refractivity (Wildman–Crippen MR) is 81.9 cm³/mol. The van der Waals surface area contributed by atoms with E-state index in [2.05, 4.69) is 28.0 Å². The molecule has 0 aromatic carbocycles. The number of hydrogen-bond acceptors (Lipinski definition) is 4. The minimum Gasteiger partial charge on any atom is -0.444 e. The summed E-state index contributed by atoms with van der Waals surface area (Å²) in [5.41, 5.74) is -0.874. The maximum absolute atomic E-state index is 12.0. The van der Waals surface area contributed by atoms with E-state index >= 15 is 0 Å². The molecule has 0 spiro atoms. The third-order valence-electron chi connectivity index (χ3n) is 3.23. The van der Waals surface area contributed by atoms with Gasteiger partial charge in [-0.1, -0.05) is 6.92 Å². The van der Waals surface area contributed by atoms with Crippen LogP contribution in [0.25, 0.3) is 0 Å². The Morgan fingerprint density at radius 2 is 2.14 bits per heavy atom. The lowest BCUT2D eigenvalue weighted by molar-refractivity contribution is -0.108. The number of amides is 1. The topological polar surface area (TPSA) is 67.6 Å². The van der Waals surface area contributed by atoms with E-state index in [0.29, 0.717) is 0 Å². The zero-order chi connectivity index (χ0) is 15.8. The van der Waals surface area contributed by atoms with Crippen molar-refractivity contribution in [2.75, 3.05) is 13.1 Å². The van der Waals surface area contributed by atoms with Crippen molar-refractivity contribution in [1.82, 2.24) is 14.7 Å². The normalized spacial score (nSPS) is 17.5. The summed E-state index contributed by atoms with van der Waals surface area (Å²) < 4.78 is 7.86. The smallest absolute Gasteiger partial charge is 0.410 e. The zero-order valence-electron chi connectivity index (χ0n) is 12.9. The van der Waals surface area contributed by atoms with Crippen LogP contribution in [-0.2, 0) is 16.9 Å². The number of carbonyl (C=O) groups is 1. The fraction of sp³-hybridized carbons (Fsp3) is 0.714. The number of β-amino-alcohol motifs (C(OH)–C–C–N with tert-alkyl or cyclic N) is 1. The molecule has 7 heteroatoms. The van der Waals surface area contributed by atoms with Crippen molar-refractivity contribution >= 4 is 22.0 Å². The number of aliphatic hydroxyl groups is 1. The molecule has 0 aliphatic carbocycles. The summed E-state index contributed by atoms with van der Waals surface area (Å²) in [6.45, 7) is 8.69. The number of hydrogen-bond donors (Lipinski definition) is 1. The van der Waals surface area contributed by atoms with Crippen LogP contribution in [0.5, 0.6) is 0 Å². The van der Waals surface area contributed by atoms with E-state index in [1.165, 1.54) is 4.90 Å². The van der Waals surface area contributed by atoms with Gasteiger partial charge in [0.25, 0.3) is 0 Å². The maximum Gasteiger partial charge on any atom is 0.410 e. The fourth-order valence-electron chi connectivity index (χ4n) is 2.40. The number of rotatable bonds is 3. The lowest BCUT2D eigenvalue weighted by atomic mass is 9.90. The number of carbonyl (C=O) groups excluding carboxylic acids is 1. The van der Waals surface area contributed by atoms with Crippen LogP contribution in [0.2, 0.25) is 0 Å². The molecular formula is C14H22BrN3O3. The SMILES string of the molecule is CCCn1ncc(Br)c1C1(O)CN(C(=O)OC(C)(C)C)C1. The van der Waals surface area contributed by atoms with Crippen molar-refractivity contribution < 1.29 is 14.6 Å². The standard InChI is InChI=1S/C14H22BrN3O3/c1-5-6-18-11(10(15)7-16-18)14(20)8-17(9-14)12(19)21-13(2,3)4/h7,20H,5-6,8-9H2,1-4H3. The Kier molecular flexibility index (Phi) is 4.35. The lowest BCUT2D eigenvalue weighted by Gasteiger charge is -2.46. The molecule has 1 aliphatic heterocycles. The molecule has 1 fully saturated rings. The molecule has 0 atom stereocenters. The summed E-state index contributed by atoms with van der Waals surface area (Å²) in [5.74, 6) is 0. The molecule has 1 aliphatic rings. The quantitative estimate of drug-likeness (QED) is 0.899. The van der Waals surface area contributed by atoms with Gasteiger partial charge in [0.15, 0.2) is 0 Å². The summed E-state index contributed by atoms with van der Waals surface area (Å²) in [5, 5.41) is 15.0. The van der Waals surface area contributed by atoms with Crippen LogP contribution in [0.15, 0.2) is 10.7 Å². The van der Waals surface area contributed by atoms with Crippen LogP contribution in [-0.4, -0.2) is 44.6 Å². The van der Waals surface area contributed by atoms with Gasteiger partial charge in [0, 0.05) is 6.54 Å². The molecule has 0 unspecified atom stereocenters. The number of nitrogens with zero attached hydrogens (tertiary/aromatic N) is 3. The first-order valence-electron chi connectivity index (χ1n) is 7.08. The fourth-order valence-corrected chi connectivity index (χ4v) is 3.06. The molecule has 1 N–H and O–H groups in total. The highest BCUT2D eigenvalue weighted by Crippen LogP contribution is 2.36. The van der Waals surface area contributed by atoms with Crippen molar-refractivity contribution in [3.05, 3.63) is 16.4 Å². The highest BCUT2D eigenvalue weighted by molar-refractivity contribution is 9.10. The van der Waals surface area contributed by atoms with Crippen LogP contribution in [0.4, 0.5) is 4.79 Å². The molecule has 0 saturated carbocycles. The highest BCUT2D eigenvalue weighted by Gasteiger charge is 2.49. The van der Waals surface area contributed by atoms with Crippen molar-refractivity contribution in [3.63, 3.8) is 0 Å². The van der Waals surface area contributed by atoms with Gasteiger partial charge in [-0.25, -0.2) is 4.79 Å². The number of aromatic nitrogens is 2. The molecule has 2 rings (SSSR count). The number of aryl methyl sites for hydroxylation is 1. The van der Waals surface area contributed by atoms with Crippen LogP contribution in [0, 0.1) is 0 Å². The zero-order valence-corrected chi connectivity index (χ0v) is 14.5. The lowest BCUT2D eigenvalue weighted by Crippen LogP contribution is -2.62. The minimum absolute atomic E-state index is 0.218. The summed E-state index contributed by atoms with van der Waals surface area (Å²) in [4.78, 5) is 13.5. The molecule has 0 bridgehead atoms. The molecule has 1 amide bonds. The van der Waals surface area contributed by atoms with E-state index in [1.807, 2.05) is 20.8 Å². The summed E-state index contributed by atoms with van der Waals surface area (Å²) in [6, 6.07) is 0. The van der Waals surface area contributed by atoms with E-state index in [4.69, 9.17) is 4.74 Å². The first kappa shape index (κ1) is 16.3. The van der Waals surface area contributed by atoms with E-state index in [0.717, 1.165) is 23.1 Å². The van der Waals surface area contributed by atoms with Crippen LogP contribution >= 0.6 is 15.9 Å². The second-order valence-corrected chi connectivity index (χ2v) is 7.29. The van der Waals surface area contributed by atoms with Gasteiger partial charge in [0.05, 0.1) is 29.5 Å². The first-order chi connectivity index (χ1) is 9.66. The largest absolute Gasteiger partial charge is 0.444 e. The monoisotopic (exact) mass is 359 g/mol. The average molecular weight is 360 g/mol. The van der Waals surface area contributed by atoms with Gasteiger partial charge in [-0.3, -0.25) is 4.68 Å². The molecule has 1 saturated heterocycles. The molecular weight excluding hydrogens is 338 g/mol. The molecule has 21 heavy (non-hydrogen) atoms. The van der Waals surface area contributed by atoms with Gasteiger partial charge in [0.2, 0.25) is 0 Å². The maximum atomic E-state index is 12.0. The van der Waals surface area contributed by atoms with Crippen LogP contribution < -0.4 is 0 Å². The summed E-state index contributed by atoms with van der Waals surface area (Å²) in [7, 11) is 0. The Balaban J connectivity index is 2.08. The molecule has 1 aromatic heterocycles. The highest BCUT2D eigenvalue weighted by atomic mass is 79.9. The number of likely N-dealkylation sites (tertiary alicyclic amines) is 1. The number of ether oxygens (including phenoxy) is 1.